The van der Waals surface area contributed by atoms with Crippen LogP contribution in [-0.4, -0.2) is 116 Å². The standard InChI is InChI=1S/C30H43N9O3/c1-4-24(40)33-22-14-23(27(42)26(22)41)39-18-31-25-28(32-20-10-12-37(16-20)15-19-8-6-5-7-9-19)34-30(35-29(25)39)38-13-11-21(17-38)36(2)3/h5-9,18,20-23,26-27,41-42H,4,10-17H2,1-3H3,(H,33,40)(H,32,34,35)/t20-,21+,22-,23+,26+,27-/m0/s1. The van der Waals surface area contributed by atoms with Crippen LogP contribution in [0.4, 0.5) is 11.8 Å². The molecule has 3 fully saturated rings. The zero-order chi connectivity index (χ0) is 29.4. The summed E-state index contributed by atoms with van der Waals surface area (Å²) in [6.45, 7) is 6.26. The Balaban J connectivity index is 1.28. The summed E-state index contributed by atoms with van der Waals surface area (Å²) in [6, 6.07) is 10.1. The molecule has 12 nitrogen and oxygen atoms in total. The third-order valence-corrected chi connectivity index (χ3v) is 9.12. The number of aliphatic hydroxyl groups excluding tert-OH is 2. The van der Waals surface area contributed by atoms with Crippen molar-refractivity contribution < 1.29 is 15.0 Å². The van der Waals surface area contributed by atoms with Crippen LogP contribution in [0.1, 0.15) is 44.2 Å². The molecule has 0 unspecified atom stereocenters. The number of amides is 1. The minimum absolute atomic E-state index is 0.152. The summed E-state index contributed by atoms with van der Waals surface area (Å²) in [7, 11) is 4.20. The highest BCUT2D eigenvalue weighted by atomic mass is 16.3. The van der Waals surface area contributed by atoms with Gasteiger partial charge in [0.25, 0.3) is 0 Å². The molecule has 226 valence electrons. The molecule has 2 aliphatic heterocycles. The summed E-state index contributed by atoms with van der Waals surface area (Å²) in [5.74, 6) is 1.18. The van der Waals surface area contributed by atoms with Gasteiger partial charge in [-0.05, 0) is 38.9 Å². The molecule has 3 aliphatic rings. The van der Waals surface area contributed by atoms with Gasteiger partial charge in [0.15, 0.2) is 17.0 Å². The summed E-state index contributed by atoms with van der Waals surface area (Å²) >= 11 is 0. The Morgan fingerprint density at radius 1 is 1.07 bits per heavy atom. The van der Waals surface area contributed by atoms with Crippen molar-refractivity contribution in [3.8, 4) is 0 Å². The van der Waals surface area contributed by atoms with Crippen molar-refractivity contribution in [2.45, 2.75) is 75.5 Å². The molecule has 4 heterocycles. The van der Waals surface area contributed by atoms with Gasteiger partial charge in [-0.15, -0.1) is 0 Å². The molecule has 1 aromatic carbocycles. The fourth-order valence-electron chi connectivity index (χ4n) is 6.60. The zero-order valence-corrected chi connectivity index (χ0v) is 24.7. The van der Waals surface area contributed by atoms with Crippen LogP contribution in [0.15, 0.2) is 36.7 Å². The lowest BCUT2D eigenvalue weighted by Gasteiger charge is -2.22. The number of benzene rings is 1. The van der Waals surface area contributed by atoms with E-state index in [0.29, 0.717) is 41.8 Å². The number of hydrogen-bond acceptors (Lipinski definition) is 10. The minimum Gasteiger partial charge on any atom is -0.388 e. The highest BCUT2D eigenvalue weighted by Gasteiger charge is 2.44. The first-order valence-corrected chi connectivity index (χ1v) is 15.1. The Hall–Kier alpha value is -3.32. The Labute approximate surface area is 246 Å². The maximum Gasteiger partial charge on any atom is 0.229 e. The number of carbonyl (C=O) groups excluding carboxylic acids is 1. The molecule has 12 heteroatoms. The monoisotopic (exact) mass is 577 g/mol. The van der Waals surface area contributed by atoms with Gasteiger partial charge in [-0.1, -0.05) is 37.3 Å². The molecular formula is C30H43N9O3. The lowest BCUT2D eigenvalue weighted by Crippen LogP contribution is -2.42. The highest BCUT2D eigenvalue weighted by Crippen LogP contribution is 2.35. The summed E-state index contributed by atoms with van der Waals surface area (Å²) in [6.07, 6.45) is 2.26. The number of likely N-dealkylation sites (tertiary alicyclic amines) is 1. The summed E-state index contributed by atoms with van der Waals surface area (Å²) < 4.78 is 1.85. The lowest BCUT2D eigenvalue weighted by atomic mass is 10.2. The van der Waals surface area contributed by atoms with Crippen molar-refractivity contribution in [3.05, 3.63) is 42.2 Å². The molecule has 1 amide bonds. The number of hydrogen-bond donors (Lipinski definition) is 4. The second kappa shape index (κ2) is 12.1. The summed E-state index contributed by atoms with van der Waals surface area (Å²) in [5, 5.41) is 28.4. The zero-order valence-electron chi connectivity index (χ0n) is 24.7. The Morgan fingerprint density at radius 3 is 2.62 bits per heavy atom. The molecule has 1 saturated carbocycles. The van der Waals surface area contributed by atoms with E-state index in [1.54, 1.807) is 13.3 Å². The van der Waals surface area contributed by atoms with Crippen LogP contribution in [0.2, 0.25) is 0 Å². The first-order valence-electron chi connectivity index (χ1n) is 15.1. The van der Waals surface area contributed by atoms with Gasteiger partial charge in [-0.25, -0.2) is 4.98 Å². The third kappa shape index (κ3) is 5.81. The van der Waals surface area contributed by atoms with E-state index in [0.717, 1.165) is 45.6 Å². The number of nitrogens with one attached hydrogen (secondary N) is 2. The highest BCUT2D eigenvalue weighted by molar-refractivity contribution is 5.85. The normalized spacial score (nSPS) is 28.3. The number of aliphatic hydroxyl groups is 2. The summed E-state index contributed by atoms with van der Waals surface area (Å²) in [5.41, 5.74) is 2.57. The predicted molar refractivity (Wildman–Crippen MR) is 161 cm³/mol. The molecule has 1 aliphatic carbocycles. The van der Waals surface area contributed by atoms with Crippen LogP contribution in [0.5, 0.6) is 0 Å². The van der Waals surface area contributed by atoms with Gasteiger partial charge in [0.1, 0.15) is 12.2 Å². The average molecular weight is 578 g/mol. The van der Waals surface area contributed by atoms with E-state index >= 15 is 0 Å². The molecule has 3 aromatic rings. The van der Waals surface area contributed by atoms with Gasteiger partial charge in [0, 0.05) is 51.2 Å². The number of rotatable bonds is 9. The maximum absolute atomic E-state index is 12.1. The SMILES string of the molecule is CCC(=O)N[C@H]1C[C@@H](n2cnc3c(N[C@H]4CCN(Cc5ccccc5)C4)nc(N4CC[C@@H](N(C)C)C4)nc32)[C@H](O)[C@@H]1O. The number of nitrogens with zero attached hydrogens (tertiary/aromatic N) is 7. The van der Waals surface area contributed by atoms with Crippen LogP contribution in [-0.2, 0) is 11.3 Å². The molecular weight excluding hydrogens is 534 g/mol. The molecule has 0 bridgehead atoms. The molecule has 0 radical (unpaired) electrons. The van der Waals surface area contributed by atoms with E-state index in [2.05, 4.69) is 63.7 Å². The quantitative estimate of drug-likeness (QED) is 0.294. The van der Waals surface area contributed by atoms with Crippen molar-refractivity contribution in [2.75, 3.05) is 50.5 Å². The third-order valence-electron chi connectivity index (χ3n) is 9.12. The molecule has 6 atom stereocenters. The Kier molecular flexibility index (Phi) is 8.30. The van der Waals surface area contributed by atoms with Crippen LogP contribution in [0.3, 0.4) is 0 Å². The van der Waals surface area contributed by atoms with E-state index < -0.39 is 24.3 Å². The second-order valence-corrected chi connectivity index (χ2v) is 12.2. The molecule has 2 saturated heterocycles. The maximum atomic E-state index is 12.1. The predicted octanol–water partition coefficient (Wildman–Crippen LogP) is 1.21. The van der Waals surface area contributed by atoms with Gasteiger partial charge in [-0.2, -0.15) is 9.97 Å². The van der Waals surface area contributed by atoms with E-state index in [1.165, 1.54) is 5.56 Å². The molecule has 0 spiro atoms. The number of aromatic nitrogens is 4. The Bertz CT molecular complexity index is 1380. The average Bonchev–Trinajstić information content (AvgIpc) is 3.78. The Morgan fingerprint density at radius 2 is 1.88 bits per heavy atom. The summed E-state index contributed by atoms with van der Waals surface area (Å²) in [4.78, 5) is 33.7. The minimum atomic E-state index is -1.07. The number of fused-ring (bicyclic) bond motifs is 1. The number of anilines is 2. The van der Waals surface area contributed by atoms with Gasteiger partial charge in [0.2, 0.25) is 11.9 Å². The second-order valence-electron chi connectivity index (χ2n) is 12.2. The van der Waals surface area contributed by atoms with Crippen LogP contribution in [0, 0.1) is 0 Å². The fraction of sp³-hybridized carbons (Fsp3) is 0.600. The molecule has 6 rings (SSSR count). The van der Waals surface area contributed by atoms with Crippen molar-refractivity contribution in [1.29, 1.82) is 0 Å². The first kappa shape index (κ1) is 28.8. The largest absolute Gasteiger partial charge is 0.388 e. The molecule has 2 aromatic heterocycles. The van der Waals surface area contributed by atoms with Crippen LogP contribution >= 0.6 is 0 Å². The van der Waals surface area contributed by atoms with Gasteiger partial charge < -0.3 is 35.2 Å². The van der Waals surface area contributed by atoms with E-state index in [9.17, 15) is 15.0 Å². The molecule has 4 N–H and O–H groups in total. The lowest BCUT2D eigenvalue weighted by molar-refractivity contribution is -0.122. The van der Waals surface area contributed by atoms with E-state index in [4.69, 9.17) is 15.0 Å². The fourth-order valence-corrected chi connectivity index (χ4v) is 6.60. The van der Waals surface area contributed by atoms with Crippen molar-refractivity contribution in [3.63, 3.8) is 0 Å². The number of likely N-dealkylation sites (N-methyl/N-ethyl adjacent to an activating group) is 1. The van der Waals surface area contributed by atoms with Gasteiger partial charge in [0.05, 0.1) is 18.4 Å². The van der Waals surface area contributed by atoms with Gasteiger partial charge >= 0.3 is 0 Å². The van der Waals surface area contributed by atoms with Crippen molar-refractivity contribution in [1.82, 2.24) is 34.6 Å². The topological polar surface area (TPSA) is 135 Å². The smallest absolute Gasteiger partial charge is 0.229 e. The van der Waals surface area contributed by atoms with Gasteiger partial charge in [-0.3, -0.25) is 9.69 Å². The van der Waals surface area contributed by atoms with Crippen molar-refractivity contribution in [2.24, 2.45) is 0 Å². The van der Waals surface area contributed by atoms with E-state index in [-0.39, 0.29) is 11.9 Å². The van der Waals surface area contributed by atoms with Crippen molar-refractivity contribution >= 4 is 28.8 Å². The molecule has 42 heavy (non-hydrogen) atoms. The van der Waals surface area contributed by atoms with Crippen LogP contribution < -0.4 is 15.5 Å². The van der Waals surface area contributed by atoms with Crippen LogP contribution in [0.25, 0.3) is 11.2 Å². The van der Waals surface area contributed by atoms with E-state index in [1.807, 2.05) is 10.6 Å². The number of imidazole rings is 1. The first-order chi connectivity index (χ1) is 20.3. The number of carbonyl (C=O) groups is 1.